The van der Waals surface area contributed by atoms with Crippen molar-refractivity contribution in [2.75, 3.05) is 6.61 Å². The molecule has 1 N–H and O–H groups in total. The fourth-order valence-electron chi connectivity index (χ4n) is 4.78. The predicted octanol–water partition coefficient (Wildman–Crippen LogP) is 7.44. The molecule has 1 saturated heterocycles. The van der Waals surface area contributed by atoms with Crippen LogP contribution in [0.4, 0.5) is 22.0 Å². The summed E-state index contributed by atoms with van der Waals surface area (Å²) in [7, 11) is 0. The summed E-state index contributed by atoms with van der Waals surface area (Å²) in [6.45, 7) is 1.47. The van der Waals surface area contributed by atoms with Gasteiger partial charge in [-0.25, -0.2) is 22.0 Å². The quantitative estimate of drug-likeness (QED) is 0.262. The first-order chi connectivity index (χ1) is 17.7. The van der Waals surface area contributed by atoms with Gasteiger partial charge in [0.2, 0.25) is 0 Å². The molecule has 3 nitrogen and oxygen atoms in total. The van der Waals surface area contributed by atoms with Crippen LogP contribution in [0.5, 0.6) is 5.75 Å². The number of rotatable bonds is 7. The van der Waals surface area contributed by atoms with Crippen molar-refractivity contribution < 1.29 is 36.5 Å². The molecule has 1 aliphatic carbocycles. The van der Waals surface area contributed by atoms with Crippen molar-refractivity contribution in [1.29, 1.82) is 0 Å². The second-order valence-electron chi connectivity index (χ2n) is 9.44. The first kappa shape index (κ1) is 25.4. The van der Waals surface area contributed by atoms with Gasteiger partial charge in [-0.2, -0.15) is 0 Å². The molecule has 3 atom stereocenters. The van der Waals surface area contributed by atoms with Crippen LogP contribution in [0.2, 0.25) is 0 Å². The highest BCUT2D eigenvalue weighted by atomic mass is 19.2. The van der Waals surface area contributed by atoms with Crippen molar-refractivity contribution in [1.82, 2.24) is 0 Å². The highest BCUT2D eigenvalue weighted by Crippen LogP contribution is 2.39. The van der Waals surface area contributed by atoms with Gasteiger partial charge in [0.05, 0.1) is 12.7 Å². The molecule has 0 aromatic heterocycles. The van der Waals surface area contributed by atoms with E-state index in [-0.39, 0.29) is 40.5 Å². The lowest BCUT2D eigenvalue weighted by Crippen LogP contribution is -2.10. The molecule has 1 aliphatic heterocycles. The van der Waals surface area contributed by atoms with Crippen LogP contribution in [0.15, 0.2) is 48.5 Å². The maximum Gasteiger partial charge on any atom is 0.165 e. The highest BCUT2D eigenvalue weighted by molar-refractivity contribution is 5.67. The number of hydrogen-bond acceptors (Lipinski definition) is 3. The van der Waals surface area contributed by atoms with Crippen LogP contribution in [0.25, 0.3) is 5.57 Å². The zero-order valence-electron chi connectivity index (χ0n) is 20.0. The monoisotopic (exact) mass is 516 g/mol. The van der Waals surface area contributed by atoms with Crippen LogP contribution in [0.3, 0.4) is 0 Å². The van der Waals surface area contributed by atoms with Crippen LogP contribution in [-0.2, 0) is 11.3 Å². The average molecular weight is 517 g/mol. The predicted molar refractivity (Wildman–Crippen MR) is 127 cm³/mol. The molecule has 0 bridgehead atoms. The number of ether oxygens (including phenoxy) is 2. The van der Waals surface area contributed by atoms with Gasteiger partial charge in [-0.1, -0.05) is 30.3 Å². The van der Waals surface area contributed by atoms with Crippen LogP contribution in [0, 0.1) is 29.1 Å². The van der Waals surface area contributed by atoms with Crippen LogP contribution in [0.1, 0.15) is 72.1 Å². The lowest BCUT2D eigenvalue weighted by Gasteiger charge is -2.24. The third-order valence-electron chi connectivity index (χ3n) is 7.00. The molecule has 3 unspecified atom stereocenters. The first-order valence-corrected chi connectivity index (χ1v) is 12.1. The molecule has 0 amide bonds. The number of epoxide rings is 1. The number of hydrogen-bond donors (Lipinski definition) is 1. The lowest BCUT2D eigenvalue weighted by molar-refractivity contribution is 0.192. The summed E-state index contributed by atoms with van der Waals surface area (Å²) >= 11 is 0. The zero-order valence-corrected chi connectivity index (χ0v) is 20.0. The Hall–Kier alpha value is -3.23. The average Bonchev–Trinajstić information content (AvgIpc) is 3.72. The van der Waals surface area contributed by atoms with E-state index in [4.69, 9.17) is 9.47 Å². The Balaban J connectivity index is 1.26. The van der Waals surface area contributed by atoms with Gasteiger partial charge in [0.1, 0.15) is 24.3 Å². The summed E-state index contributed by atoms with van der Waals surface area (Å²) in [6, 6.07) is 10.1. The second kappa shape index (κ2) is 10.3. The summed E-state index contributed by atoms with van der Waals surface area (Å²) in [5.74, 6) is -4.60. The van der Waals surface area contributed by atoms with E-state index in [1.165, 1.54) is 37.3 Å². The van der Waals surface area contributed by atoms with Gasteiger partial charge in [0.25, 0.3) is 0 Å². The smallest absolute Gasteiger partial charge is 0.165 e. The summed E-state index contributed by atoms with van der Waals surface area (Å²) in [5.41, 5.74) is 1.45. The van der Waals surface area contributed by atoms with Gasteiger partial charge in [-0.15, -0.1) is 0 Å². The van der Waals surface area contributed by atoms with E-state index in [9.17, 15) is 27.1 Å². The van der Waals surface area contributed by atoms with Gasteiger partial charge in [-0.05, 0) is 55.4 Å². The number of aliphatic hydroxyl groups excluding tert-OH is 1. The topological polar surface area (TPSA) is 42.0 Å². The first-order valence-electron chi connectivity index (χ1n) is 12.1. The van der Waals surface area contributed by atoms with E-state index in [1.807, 2.05) is 6.08 Å². The Morgan fingerprint density at radius 2 is 1.68 bits per heavy atom. The van der Waals surface area contributed by atoms with Crippen LogP contribution >= 0.6 is 0 Å². The van der Waals surface area contributed by atoms with Crippen LogP contribution in [-0.4, -0.2) is 11.7 Å². The maximum atomic E-state index is 14.9. The van der Waals surface area contributed by atoms with E-state index in [1.54, 1.807) is 12.1 Å². The number of aliphatic hydroxyl groups is 1. The molecule has 0 spiro atoms. The standard InChI is InChI=1S/C29H25F5O3/c1-15(35)20-10-11-22(28(33)27(20)32)17-4-2-16(3-5-17)21-9-7-19(12-24(21)30)36-13-18-6-8-23(25-14-37-25)29(34)26(18)31/h2,6-12,15,17,25,35H,3-5,13-14H2,1H3. The van der Waals surface area contributed by atoms with Crippen molar-refractivity contribution in [2.24, 2.45) is 0 Å². The molecule has 0 radical (unpaired) electrons. The molecule has 1 heterocycles. The largest absolute Gasteiger partial charge is 0.489 e. The molecular formula is C29H25F5O3. The zero-order chi connectivity index (χ0) is 26.3. The van der Waals surface area contributed by atoms with Gasteiger partial charge < -0.3 is 14.6 Å². The Labute approximate surface area is 211 Å². The molecule has 194 valence electrons. The second-order valence-corrected chi connectivity index (χ2v) is 9.44. The molecule has 0 saturated carbocycles. The Kier molecular flexibility index (Phi) is 7.05. The lowest BCUT2D eigenvalue weighted by atomic mass is 9.82. The highest BCUT2D eigenvalue weighted by Gasteiger charge is 2.30. The van der Waals surface area contributed by atoms with Crippen LogP contribution < -0.4 is 4.74 Å². The van der Waals surface area contributed by atoms with Gasteiger partial charge >= 0.3 is 0 Å². The van der Waals surface area contributed by atoms with Gasteiger partial charge in [0.15, 0.2) is 23.3 Å². The Morgan fingerprint density at radius 3 is 2.32 bits per heavy atom. The van der Waals surface area contributed by atoms with Crippen molar-refractivity contribution in [3.63, 3.8) is 0 Å². The van der Waals surface area contributed by atoms with Gasteiger partial charge in [-0.3, -0.25) is 0 Å². The fraction of sp³-hybridized carbons (Fsp3) is 0.310. The maximum absolute atomic E-state index is 14.9. The Bertz CT molecular complexity index is 1360. The van der Waals surface area contributed by atoms with Gasteiger partial charge in [0, 0.05) is 28.3 Å². The summed E-state index contributed by atoms with van der Waals surface area (Å²) in [5, 5.41) is 9.58. The van der Waals surface area contributed by atoms with Crippen molar-refractivity contribution in [2.45, 2.75) is 50.9 Å². The van der Waals surface area contributed by atoms with E-state index in [0.29, 0.717) is 31.4 Å². The molecule has 3 aromatic rings. The van der Waals surface area contributed by atoms with Crippen molar-refractivity contribution in [3.05, 3.63) is 105 Å². The van der Waals surface area contributed by atoms with E-state index < -0.39 is 41.3 Å². The molecule has 3 aromatic carbocycles. The summed E-state index contributed by atoms with van der Waals surface area (Å²) in [4.78, 5) is 0. The third kappa shape index (κ3) is 5.13. The fourth-order valence-corrected chi connectivity index (χ4v) is 4.78. The molecular weight excluding hydrogens is 491 g/mol. The Morgan fingerprint density at radius 1 is 0.946 bits per heavy atom. The minimum Gasteiger partial charge on any atom is -0.489 e. The number of halogens is 5. The number of benzene rings is 3. The SMILES string of the molecule is CC(O)c1ccc(C2CC=C(c3ccc(OCc4ccc(C5CO5)c(F)c4F)cc3F)CC2)c(F)c1F. The van der Waals surface area contributed by atoms with E-state index >= 15 is 0 Å². The van der Waals surface area contributed by atoms with E-state index in [0.717, 1.165) is 5.57 Å². The number of allylic oxidation sites excluding steroid dienone is 2. The normalized spacial score (nSPS) is 19.9. The molecule has 5 rings (SSSR count). The molecule has 1 fully saturated rings. The van der Waals surface area contributed by atoms with E-state index in [2.05, 4.69) is 0 Å². The molecule has 8 heteroatoms. The summed E-state index contributed by atoms with van der Waals surface area (Å²) in [6.07, 6.45) is 1.66. The minimum atomic E-state index is -1.11. The summed E-state index contributed by atoms with van der Waals surface area (Å²) < 4.78 is 82.9. The van der Waals surface area contributed by atoms with Crippen molar-refractivity contribution in [3.8, 4) is 5.75 Å². The third-order valence-corrected chi connectivity index (χ3v) is 7.00. The minimum absolute atomic E-state index is 0.0116. The van der Waals surface area contributed by atoms with Crippen molar-refractivity contribution >= 4 is 5.57 Å². The molecule has 2 aliphatic rings. The molecule has 37 heavy (non-hydrogen) atoms.